The third kappa shape index (κ3) is 2.39. The molecule has 0 radical (unpaired) electrons. The van der Waals surface area contributed by atoms with E-state index in [1.807, 2.05) is 37.3 Å². The van der Waals surface area contributed by atoms with E-state index in [9.17, 15) is 4.79 Å². The normalized spacial score (nSPS) is 15.9. The Morgan fingerprint density at radius 2 is 2.04 bits per heavy atom. The maximum absolute atomic E-state index is 12.6. The van der Waals surface area contributed by atoms with Crippen LogP contribution in [0, 0.1) is 12.8 Å². The van der Waals surface area contributed by atoms with E-state index >= 15 is 0 Å². The van der Waals surface area contributed by atoms with Gasteiger partial charge >= 0.3 is 0 Å². The zero-order valence-electron chi connectivity index (χ0n) is 13.1. The molecule has 0 saturated heterocycles. The molecular formula is C19H20N2O2. The molecule has 1 aliphatic rings. The van der Waals surface area contributed by atoms with Gasteiger partial charge in [-0.05, 0) is 31.1 Å². The van der Waals surface area contributed by atoms with Crippen LogP contribution in [0.5, 0.6) is 0 Å². The standard InChI is InChI=1S/C19H20N2O2/c1-11-14-9-8-12-4-2-3-5-15(12)18(14)23-17(11)19(22)21-16(10-20)13-6-7-13/h2-5,8-9,13,16H,6-7,10,20H2,1H3,(H,21,22). The molecule has 1 fully saturated rings. The van der Waals surface area contributed by atoms with Crippen LogP contribution in [0.3, 0.4) is 0 Å². The van der Waals surface area contributed by atoms with Gasteiger partial charge in [0.15, 0.2) is 5.76 Å². The molecule has 23 heavy (non-hydrogen) atoms. The predicted octanol–water partition coefficient (Wildman–Crippen LogP) is 3.36. The number of hydrogen-bond acceptors (Lipinski definition) is 3. The molecule has 1 heterocycles. The van der Waals surface area contributed by atoms with Crippen LogP contribution in [0.25, 0.3) is 21.7 Å². The molecule has 4 heteroatoms. The molecule has 0 spiro atoms. The van der Waals surface area contributed by atoms with Crippen LogP contribution >= 0.6 is 0 Å². The smallest absolute Gasteiger partial charge is 0.287 e. The van der Waals surface area contributed by atoms with Gasteiger partial charge in [0.1, 0.15) is 5.58 Å². The maximum Gasteiger partial charge on any atom is 0.287 e. The second-order valence-corrected chi connectivity index (χ2v) is 6.37. The lowest BCUT2D eigenvalue weighted by Gasteiger charge is -2.15. The summed E-state index contributed by atoms with van der Waals surface area (Å²) in [6, 6.07) is 12.2. The summed E-state index contributed by atoms with van der Waals surface area (Å²) in [5.41, 5.74) is 7.45. The number of fused-ring (bicyclic) bond motifs is 3. The van der Waals surface area contributed by atoms with Gasteiger partial charge in [-0.2, -0.15) is 0 Å². The third-order valence-corrected chi connectivity index (χ3v) is 4.80. The lowest BCUT2D eigenvalue weighted by molar-refractivity contribution is 0.0907. The Balaban J connectivity index is 1.76. The summed E-state index contributed by atoms with van der Waals surface area (Å²) in [7, 11) is 0. The summed E-state index contributed by atoms with van der Waals surface area (Å²) >= 11 is 0. The van der Waals surface area contributed by atoms with Crippen molar-refractivity contribution in [3.8, 4) is 0 Å². The van der Waals surface area contributed by atoms with Crippen LogP contribution in [0.2, 0.25) is 0 Å². The second kappa shape index (κ2) is 5.39. The van der Waals surface area contributed by atoms with Gasteiger partial charge in [-0.3, -0.25) is 4.79 Å². The number of amides is 1. The van der Waals surface area contributed by atoms with Gasteiger partial charge in [0.2, 0.25) is 0 Å². The van der Waals surface area contributed by atoms with Crippen LogP contribution in [0.15, 0.2) is 40.8 Å². The zero-order valence-corrected chi connectivity index (χ0v) is 13.1. The molecule has 1 unspecified atom stereocenters. The van der Waals surface area contributed by atoms with Gasteiger partial charge < -0.3 is 15.5 Å². The Labute approximate surface area is 134 Å². The molecule has 2 aromatic carbocycles. The van der Waals surface area contributed by atoms with Crippen LogP contribution in [-0.4, -0.2) is 18.5 Å². The Hall–Kier alpha value is -2.33. The van der Waals surface area contributed by atoms with Crippen molar-refractivity contribution in [1.29, 1.82) is 0 Å². The largest absolute Gasteiger partial charge is 0.450 e. The van der Waals surface area contributed by atoms with Crippen molar-refractivity contribution in [3.63, 3.8) is 0 Å². The van der Waals surface area contributed by atoms with E-state index in [4.69, 9.17) is 10.2 Å². The van der Waals surface area contributed by atoms with E-state index in [1.165, 1.54) is 0 Å². The van der Waals surface area contributed by atoms with Crippen molar-refractivity contribution < 1.29 is 9.21 Å². The first-order valence-corrected chi connectivity index (χ1v) is 8.11. The summed E-state index contributed by atoms with van der Waals surface area (Å²) in [6.07, 6.45) is 2.29. The number of hydrogen-bond donors (Lipinski definition) is 2. The fourth-order valence-electron chi connectivity index (χ4n) is 3.27. The van der Waals surface area contributed by atoms with E-state index in [2.05, 4.69) is 11.4 Å². The number of carbonyl (C=O) groups excluding carboxylic acids is 1. The van der Waals surface area contributed by atoms with Crippen molar-refractivity contribution >= 4 is 27.6 Å². The SMILES string of the molecule is Cc1c(C(=O)NC(CN)C2CC2)oc2c1ccc1ccccc12. The summed E-state index contributed by atoms with van der Waals surface area (Å²) in [4.78, 5) is 12.6. The van der Waals surface area contributed by atoms with Crippen molar-refractivity contribution in [2.45, 2.75) is 25.8 Å². The molecule has 1 amide bonds. The Morgan fingerprint density at radius 3 is 2.78 bits per heavy atom. The van der Waals surface area contributed by atoms with Gasteiger partial charge in [-0.25, -0.2) is 0 Å². The third-order valence-electron chi connectivity index (χ3n) is 4.80. The van der Waals surface area contributed by atoms with E-state index in [-0.39, 0.29) is 11.9 Å². The highest BCUT2D eigenvalue weighted by atomic mass is 16.3. The van der Waals surface area contributed by atoms with E-state index in [0.717, 1.165) is 40.1 Å². The lowest BCUT2D eigenvalue weighted by atomic mass is 10.1. The van der Waals surface area contributed by atoms with E-state index in [0.29, 0.717) is 18.2 Å². The molecule has 1 aromatic heterocycles. The molecule has 1 saturated carbocycles. The highest BCUT2D eigenvalue weighted by Gasteiger charge is 2.32. The van der Waals surface area contributed by atoms with Crippen LogP contribution in [0.4, 0.5) is 0 Å². The Bertz CT molecular complexity index is 893. The lowest BCUT2D eigenvalue weighted by Crippen LogP contribution is -2.41. The summed E-state index contributed by atoms with van der Waals surface area (Å²) in [6.45, 7) is 2.41. The number of benzene rings is 2. The number of aryl methyl sites for hydroxylation is 1. The Kier molecular flexibility index (Phi) is 3.34. The van der Waals surface area contributed by atoms with Gasteiger partial charge in [0, 0.05) is 28.9 Å². The predicted molar refractivity (Wildman–Crippen MR) is 91.5 cm³/mol. The van der Waals surface area contributed by atoms with Crippen LogP contribution in [0.1, 0.15) is 29.0 Å². The molecule has 1 aliphatic carbocycles. The fourth-order valence-corrected chi connectivity index (χ4v) is 3.27. The van der Waals surface area contributed by atoms with Crippen molar-refractivity contribution in [2.75, 3.05) is 6.54 Å². The molecule has 3 aromatic rings. The second-order valence-electron chi connectivity index (χ2n) is 6.37. The summed E-state index contributed by atoms with van der Waals surface area (Å²) in [5.74, 6) is 0.759. The van der Waals surface area contributed by atoms with E-state index < -0.39 is 0 Å². The minimum Gasteiger partial charge on any atom is -0.450 e. The summed E-state index contributed by atoms with van der Waals surface area (Å²) in [5, 5.41) is 6.17. The van der Waals surface area contributed by atoms with Crippen LogP contribution in [-0.2, 0) is 0 Å². The molecule has 0 aliphatic heterocycles. The van der Waals surface area contributed by atoms with Gasteiger partial charge in [-0.15, -0.1) is 0 Å². The number of nitrogens with two attached hydrogens (primary N) is 1. The number of rotatable bonds is 4. The van der Waals surface area contributed by atoms with Gasteiger partial charge in [-0.1, -0.05) is 36.4 Å². The van der Waals surface area contributed by atoms with Crippen molar-refractivity contribution in [1.82, 2.24) is 5.32 Å². The average Bonchev–Trinajstić information content (AvgIpc) is 3.36. The molecule has 4 nitrogen and oxygen atoms in total. The van der Waals surface area contributed by atoms with Crippen molar-refractivity contribution in [3.05, 3.63) is 47.7 Å². The van der Waals surface area contributed by atoms with E-state index in [1.54, 1.807) is 0 Å². The van der Waals surface area contributed by atoms with Crippen LogP contribution < -0.4 is 11.1 Å². The number of nitrogens with one attached hydrogen (secondary N) is 1. The molecule has 118 valence electrons. The minimum atomic E-state index is -0.162. The molecule has 0 bridgehead atoms. The number of carbonyl (C=O) groups is 1. The minimum absolute atomic E-state index is 0.0480. The molecule has 4 rings (SSSR count). The first kappa shape index (κ1) is 14.3. The first-order chi connectivity index (χ1) is 11.2. The summed E-state index contributed by atoms with van der Waals surface area (Å²) < 4.78 is 5.97. The Morgan fingerprint density at radius 1 is 1.26 bits per heavy atom. The highest BCUT2D eigenvalue weighted by molar-refractivity contribution is 6.08. The van der Waals surface area contributed by atoms with Gasteiger partial charge in [0.25, 0.3) is 5.91 Å². The average molecular weight is 308 g/mol. The molecule has 3 N–H and O–H groups in total. The molecule has 1 atom stereocenters. The zero-order chi connectivity index (χ0) is 16.0. The topological polar surface area (TPSA) is 68.3 Å². The van der Waals surface area contributed by atoms with Crippen molar-refractivity contribution in [2.24, 2.45) is 11.7 Å². The number of furan rings is 1. The first-order valence-electron chi connectivity index (χ1n) is 8.11. The highest BCUT2D eigenvalue weighted by Crippen LogP contribution is 2.34. The van der Waals surface area contributed by atoms with Gasteiger partial charge in [0.05, 0.1) is 0 Å². The quantitative estimate of drug-likeness (QED) is 0.776. The maximum atomic E-state index is 12.6. The monoisotopic (exact) mass is 308 g/mol. The molecular weight excluding hydrogens is 288 g/mol. The fraction of sp³-hybridized carbons (Fsp3) is 0.316.